The van der Waals surface area contributed by atoms with Crippen molar-refractivity contribution >= 4 is 17.8 Å². The van der Waals surface area contributed by atoms with E-state index in [4.69, 9.17) is 0 Å². The summed E-state index contributed by atoms with van der Waals surface area (Å²) in [6, 6.07) is 0. The monoisotopic (exact) mass is 280 g/mol. The molecule has 112 valence electrons. The van der Waals surface area contributed by atoms with Gasteiger partial charge in [-0.15, -0.1) is 0 Å². The fraction of sp³-hybridized carbons (Fsp3) is 0.769. The number of aliphatic hydroxyl groups is 1. The first-order valence-corrected chi connectivity index (χ1v) is 7.30. The molecule has 0 radical (unpaired) electrons. The molecule has 1 aromatic heterocycles. The molecule has 0 saturated carbocycles. The Kier molecular flexibility index (Phi) is 5.34. The van der Waals surface area contributed by atoms with Gasteiger partial charge in [0.2, 0.25) is 17.8 Å². The van der Waals surface area contributed by atoms with Crippen molar-refractivity contribution in [3.05, 3.63) is 0 Å². The fourth-order valence-electron chi connectivity index (χ4n) is 2.21. The van der Waals surface area contributed by atoms with Gasteiger partial charge in [-0.2, -0.15) is 15.0 Å². The Bertz CT molecular complexity index is 419. The number of aromatic nitrogens is 3. The lowest BCUT2D eigenvalue weighted by atomic mass is 10.2. The van der Waals surface area contributed by atoms with Gasteiger partial charge in [0.25, 0.3) is 0 Å². The largest absolute Gasteiger partial charge is 0.393 e. The minimum Gasteiger partial charge on any atom is -0.393 e. The van der Waals surface area contributed by atoms with Crippen molar-refractivity contribution in [3.63, 3.8) is 0 Å². The molecule has 3 N–H and O–H groups in total. The van der Waals surface area contributed by atoms with Crippen LogP contribution >= 0.6 is 0 Å². The summed E-state index contributed by atoms with van der Waals surface area (Å²) in [5.41, 5.74) is 0. The van der Waals surface area contributed by atoms with E-state index >= 15 is 0 Å². The van der Waals surface area contributed by atoms with Crippen LogP contribution in [-0.2, 0) is 0 Å². The zero-order valence-corrected chi connectivity index (χ0v) is 12.3. The van der Waals surface area contributed by atoms with Gasteiger partial charge in [-0.25, -0.2) is 0 Å². The molecule has 7 heteroatoms. The lowest BCUT2D eigenvalue weighted by Gasteiger charge is -2.16. The molecule has 1 unspecified atom stereocenters. The quantitative estimate of drug-likeness (QED) is 0.644. The minimum atomic E-state index is -0.261. The molecule has 1 fully saturated rings. The molecular weight excluding hydrogens is 256 g/mol. The number of hydrogen-bond acceptors (Lipinski definition) is 7. The van der Waals surface area contributed by atoms with E-state index < -0.39 is 0 Å². The summed E-state index contributed by atoms with van der Waals surface area (Å²) in [7, 11) is 1.81. The second-order valence-corrected chi connectivity index (χ2v) is 5.14. The van der Waals surface area contributed by atoms with Crippen LogP contribution in [0.1, 0.15) is 32.6 Å². The Morgan fingerprint density at radius 3 is 2.55 bits per heavy atom. The van der Waals surface area contributed by atoms with Gasteiger partial charge < -0.3 is 20.6 Å². The second kappa shape index (κ2) is 7.23. The van der Waals surface area contributed by atoms with Gasteiger partial charge >= 0.3 is 0 Å². The third-order valence-corrected chi connectivity index (χ3v) is 3.32. The first-order valence-electron chi connectivity index (χ1n) is 7.30. The highest BCUT2D eigenvalue weighted by Gasteiger charge is 2.17. The van der Waals surface area contributed by atoms with E-state index in [-0.39, 0.29) is 6.10 Å². The summed E-state index contributed by atoms with van der Waals surface area (Å²) in [5, 5.41) is 15.4. The van der Waals surface area contributed by atoms with Crippen molar-refractivity contribution in [2.75, 3.05) is 42.2 Å². The van der Waals surface area contributed by atoms with Gasteiger partial charge in [0.05, 0.1) is 6.10 Å². The smallest absolute Gasteiger partial charge is 0.231 e. The third-order valence-electron chi connectivity index (χ3n) is 3.32. The highest BCUT2D eigenvalue weighted by atomic mass is 16.3. The first kappa shape index (κ1) is 14.8. The molecule has 0 aromatic carbocycles. The first-order chi connectivity index (χ1) is 9.69. The summed E-state index contributed by atoms with van der Waals surface area (Å²) in [4.78, 5) is 15.4. The van der Waals surface area contributed by atoms with Gasteiger partial charge in [-0.3, -0.25) is 0 Å². The average molecular weight is 280 g/mol. The highest BCUT2D eigenvalue weighted by Crippen LogP contribution is 2.18. The molecule has 1 aliphatic rings. The van der Waals surface area contributed by atoms with Crippen LogP contribution in [0.3, 0.4) is 0 Å². The summed E-state index contributed by atoms with van der Waals surface area (Å²) in [6.07, 6.45) is 3.78. The zero-order valence-electron chi connectivity index (χ0n) is 12.3. The maximum Gasteiger partial charge on any atom is 0.231 e. The second-order valence-electron chi connectivity index (χ2n) is 5.14. The van der Waals surface area contributed by atoms with E-state index in [1.54, 1.807) is 14.0 Å². The molecular formula is C13H24N6O. The minimum absolute atomic E-state index is 0.261. The molecule has 0 amide bonds. The van der Waals surface area contributed by atoms with Crippen molar-refractivity contribution in [2.24, 2.45) is 0 Å². The van der Waals surface area contributed by atoms with Crippen LogP contribution in [0, 0.1) is 0 Å². The van der Waals surface area contributed by atoms with Gasteiger partial charge in [0.1, 0.15) is 0 Å². The van der Waals surface area contributed by atoms with Crippen LogP contribution < -0.4 is 15.5 Å². The fourth-order valence-corrected chi connectivity index (χ4v) is 2.21. The topological polar surface area (TPSA) is 86.2 Å². The third kappa shape index (κ3) is 4.19. The lowest BCUT2D eigenvalue weighted by molar-refractivity contribution is 0.183. The highest BCUT2D eigenvalue weighted by molar-refractivity contribution is 5.43. The van der Waals surface area contributed by atoms with E-state index in [2.05, 4.69) is 30.5 Å². The molecule has 0 spiro atoms. The van der Waals surface area contributed by atoms with Gasteiger partial charge in [0.15, 0.2) is 0 Å². The van der Waals surface area contributed by atoms with Crippen molar-refractivity contribution < 1.29 is 5.11 Å². The van der Waals surface area contributed by atoms with Crippen molar-refractivity contribution in [2.45, 2.75) is 38.7 Å². The van der Waals surface area contributed by atoms with Gasteiger partial charge in [-0.1, -0.05) is 0 Å². The van der Waals surface area contributed by atoms with E-state index in [1.165, 1.54) is 12.8 Å². The van der Waals surface area contributed by atoms with Gasteiger partial charge in [0, 0.05) is 26.7 Å². The maximum absolute atomic E-state index is 9.23. The molecule has 0 bridgehead atoms. The zero-order chi connectivity index (χ0) is 14.4. The number of hydrogen-bond donors (Lipinski definition) is 3. The number of rotatable bonds is 7. The SMILES string of the molecule is CNc1nc(NCCCC(C)O)nc(N2CCCC2)n1. The van der Waals surface area contributed by atoms with E-state index in [0.29, 0.717) is 11.9 Å². The number of nitrogens with one attached hydrogen (secondary N) is 2. The predicted octanol–water partition coefficient (Wildman–Crippen LogP) is 1.09. The molecule has 7 nitrogen and oxygen atoms in total. The standard InChI is InChI=1S/C13H24N6O/c1-10(20)6-5-7-15-12-16-11(14-2)17-13(18-12)19-8-3-4-9-19/h10,20H,3-9H2,1-2H3,(H2,14,15,16,17,18). The Morgan fingerprint density at radius 2 is 1.90 bits per heavy atom. The number of aliphatic hydroxyl groups excluding tert-OH is 1. The molecule has 20 heavy (non-hydrogen) atoms. The molecule has 2 rings (SSSR count). The molecule has 1 aromatic rings. The van der Waals surface area contributed by atoms with Crippen LogP contribution in [0.4, 0.5) is 17.8 Å². The summed E-state index contributed by atoms with van der Waals surface area (Å²) in [5.74, 6) is 1.91. The predicted molar refractivity (Wildman–Crippen MR) is 80.2 cm³/mol. The summed E-state index contributed by atoms with van der Waals surface area (Å²) < 4.78 is 0. The van der Waals surface area contributed by atoms with E-state index in [0.717, 1.165) is 38.4 Å². The lowest BCUT2D eigenvalue weighted by Crippen LogP contribution is -2.22. The summed E-state index contributed by atoms with van der Waals surface area (Å²) in [6.45, 7) is 4.56. The van der Waals surface area contributed by atoms with Crippen molar-refractivity contribution in [3.8, 4) is 0 Å². The molecule has 1 atom stereocenters. The Morgan fingerprint density at radius 1 is 1.20 bits per heavy atom. The van der Waals surface area contributed by atoms with Gasteiger partial charge in [-0.05, 0) is 32.6 Å². The van der Waals surface area contributed by atoms with E-state index in [9.17, 15) is 5.11 Å². The van der Waals surface area contributed by atoms with Crippen LogP contribution in [0.15, 0.2) is 0 Å². The molecule has 2 heterocycles. The molecule has 1 aliphatic heterocycles. The Balaban J connectivity index is 1.98. The Hall–Kier alpha value is -1.63. The number of nitrogens with zero attached hydrogens (tertiary/aromatic N) is 4. The molecule has 1 saturated heterocycles. The van der Waals surface area contributed by atoms with Crippen molar-refractivity contribution in [1.82, 2.24) is 15.0 Å². The normalized spacial score (nSPS) is 16.2. The van der Waals surface area contributed by atoms with Crippen LogP contribution in [-0.4, -0.2) is 52.8 Å². The molecule has 0 aliphatic carbocycles. The average Bonchev–Trinajstić information content (AvgIpc) is 2.97. The number of anilines is 3. The van der Waals surface area contributed by atoms with Crippen LogP contribution in [0.2, 0.25) is 0 Å². The van der Waals surface area contributed by atoms with Crippen molar-refractivity contribution in [1.29, 1.82) is 0 Å². The van der Waals surface area contributed by atoms with E-state index in [1.807, 2.05) is 0 Å². The maximum atomic E-state index is 9.23. The van der Waals surface area contributed by atoms with Crippen LogP contribution in [0.25, 0.3) is 0 Å². The summed E-state index contributed by atoms with van der Waals surface area (Å²) >= 11 is 0. The van der Waals surface area contributed by atoms with Crippen LogP contribution in [0.5, 0.6) is 0 Å². The Labute approximate surface area is 119 Å².